The van der Waals surface area contributed by atoms with E-state index < -0.39 is 38.9 Å². The van der Waals surface area contributed by atoms with E-state index in [1.54, 1.807) is 26.1 Å². The molecular weight excluding hydrogens is 523 g/mol. The van der Waals surface area contributed by atoms with Gasteiger partial charge in [-0.2, -0.15) is 0 Å². The summed E-state index contributed by atoms with van der Waals surface area (Å²) in [5, 5.41) is -0.248. The molecule has 0 unspecified atom stereocenters. The van der Waals surface area contributed by atoms with Gasteiger partial charge >= 0.3 is 0 Å². The molecule has 2 aromatic heterocycles. The van der Waals surface area contributed by atoms with Gasteiger partial charge in [-0.25, -0.2) is 26.5 Å². The van der Waals surface area contributed by atoms with Crippen molar-refractivity contribution in [3.05, 3.63) is 80.8 Å². The Morgan fingerprint density at radius 1 is 1.14 bits per heavy atom. The SMILES string of the molecule is COCN(c1cc(Cl)cnc1C(=O)c1c(C)ccnc1C)S(=O)(=O)c1ccc(Cl)c(C(C)(F)F)c1. The molecule has 0 fully saturated rings. The highest BCUT2D eigenvalue weighted by molar-refractivity contribution is 7.92. The minimum absolute atomic E-state index is 0.0457. The first kappa shape index (κ1) is 26.9. The van der Waals surface area contributed by atoms with Gasteiger partial charge in [-0.1, -0.05) is 23.2 Å². The van der Waals surface area contributed by atoms with Gasteiger partial charge in [0.1, 0.15) is 12.4 Å². The van der Waals surface area contributed by atoms with Crippen LogP contribution >= 0.6 is 23.2 Å². The molecule has 0 aliphatic carbocycles. The average molecular weight is 544 g/mol. The van der Waals surface area contributed by atoms with Crippen LogP contribution in [0.4, 0.5) is 14.5 Å². The van der Waals surface area contributed by atoms with Crippen LogP contribution in [0.3, 0.4) is 0 Å². The van der Waals surface area contributed by atoms with Crippen molar-refractivity contribution >= 4 is 44.7 Å². The second-order valence-corrected chi connectivity index (χ2v) is 10.4. The minimum Gasteiger partial charge on any atom is -0.363 e. The molecule has 3 rings (SSSR count). The number of anilines is 1. The van der Waals surface area contributed by atoms with E-state index in [1.165, 1.54) is 19.4 Å². The zero-order valence-corrected chi connectivity index (χ0v) is 21.5. The Morgan fingerprint density at radius 2 is 1.83 bits per heavy atom. The quantitative estimate of drug-likeness (QED) is 0.273. The van der Waals surface area contributed by atoms with Crippen LogP contribution in [0.25, 0.3) is 0 Å². The van der Waals surface area contributed by atoms with Crippen molar-refractivity contribution in [3.8, 4) is 0 Å². The third kappa shape index (κ3) is 5.45. The van der Waals surface area contributed by atoms with E-state index in [4.69, 9.17) is 27.9 Å². The Hall–Kier alpha value is -2.66. The third-order valence-corrected chi connectivity index (χ3v) is 7.41. The maximum atomic E-state index is 14.0. The molecule has 0 saturated heterocycles. The molecule has 2 heterocycles. The minimum atomic E-state index is -4.54. The number of carbonyl (C=O) groups excluding carboxylic acids is 1. The van der Waals surface area contributed by atoms with E-state index >= 15 is 0 Å². The Balaban J connectivity index is 2.24. The molecule has 3 aromatic rings. The van der Waals surface area contributed by atoms with Crippen molar-refractivity contribution in [2.24, 2.45) is 0 Å². The lowest BCUT2D eigenvalue weighted by Crippen LogP contribution is -2.34. The van der Waals surface area contributed by atoms with Crippen LogP contribution in [-0.4, -0.2) is 38.0 Å². The summed E-state index contributed by atoms with van der Waals surface area (Å²) < 4.78 is 61.2. The summed E-state index contributed by atoms with van der Waals surface area (Å²) in [5.74, 6) is -3.99. The number of sulfonamides is 1. The van der Waals surface area contributed by atoms with Crippen molar-refractivity contribution in [3.63, 3.8) is 0 Å². The lowest BCUT2D eigenvalue weighted by atomic mass is 10.0. The number of alkyl halides is 2. The number of pyridine rings is 2. The van der Waals surface area contributed by atoms with Crippen LogP contribution in [0.1, 0.15) is 39.8 Å². The Bertz CT molecular complexity index is 1380. The molecule has 0 atom stereocenters. The van der Waals surface area contributed by atoms with Crippen molar-refractivity contribution in [2.75, 3.05) is 18.1 Å². The normalized spacial score (nSPS) is 12.0. The summed E-state index contributed by atoms with van der Waals surface area (Å²) >= 11 is 12.0. The first-order valence-corrected chi connectivity index (χ1v) is 12.3. The van der Waals surface area contributed by atoms with E-state index in [9.17, 15) is 22.0 Å². The number of aryl methyl sites for hydroxylation is 2. The van der Waals surface area contributed by atoms with Crippen LogP contribution in [0.15, 0.2) is 47.6 Å². The molecule has 0 aliphatic rings. The molecular formula is C23H21Cl2F2N3O4S. The van der Waals surface area contributed by atoms with Gasteiger partial charge in [0.15, 0.2) is 0 Å². The number of hydrogen-bond donors (Lipinski definition) is 0. The smallest absolute Gasteiger partial charge is 0.272 e. The highest BCUT2D eigenvalue weighted by atomic mass is 35.5. The number of benzene rings is 1. The molecule has 35 heavy (non-hydrogen) atoms. The predicted molar refractivity (Wildman–Crippen MR) is 129 cm³/mol. The second kappa shape index (κ2) is 10.1. The lowest BCUT2D eigenvalue weighted by Gasteiger charge is -2.26. The summed E-state index contributed by atoms with van der Waals surface area (Å²) in [7, 11) is -3.30. The zero-order valence-electron chi connectivity index (χ0n) is 19.1. The fourth-order valence-corrected chi connectivity index (χ4v) is 5.30. The number of nitrogens with zero attached hydrogens (tertiary/aromatic N) is 3. The fourth-order valence-electron chi connectivity index (χ4n) is 3.46. The largest absolute Gasteiger partial charge is 0.363 e. The Labute approximate surface area is 211 Å². The fraction of sp³-hybridized carbons (Fsp3) is 0.261. The molecule has 0 N–H and O–H groups in total. The van der Waals surface area contributed by atoms with Crippen LogP contribution in [0.5, 0.6) is 0 Å². The van der Waals surface area contributed by atoms with E-state index in [2.05, 4.69) is 9.97 Å². The zero-order chi connectivity index (χ0) is 26.1. The van der Waals surface area contributed by atoms with E-state index in [1.807, 2.05) is 0 Å². The molecule has 0 radical (unpaired) electrons. The maximum absolute atomic E-state index is 14.0. The third-order valence-electron chi connectivity index (χ3n) is 5.14. The van der Waals surface area contributed by atoms with E-state index in [0.717, 1.165) is 22.5 Å². The number of rotatable bonds is 8. The topological polar surface area (TPSA) is 89.5 Å². The molecule has 0 spiro atoms. The van der Waals surface area contributed by atoms with Gasteiger partial charge in [-0.3, -0.25) is 9.78 Å². The summed E-state index contributed by atoms with van der Waals surface area (Å²) in [5.41, 5.74) is 0.193. The van der Waals surface area contributed by atoms with Gasteiger partial charge in [0.2, 0.25) is 5.78 Å². The second-order valence-electron chi connectivity index (χ2n) is 7.74. The monoisotopic (exact) mass is 543 g/mol. The summed E-state index contributed by atoms with van der Waals surface area (Å²) in [6.45, 7) is 3.39. The summed E-state index contributed by atoms with van der Waals surface area (Å²) in [6, 6.07) is 5.82. The number of ether oxygens (including phenoxy) is 1. The molecule has 0 aliphatic heterocycles. The Morgan fingerprint density at radius 3 is 2.43 bits per heavy atom. The van der Waals surface area contributed by atoms with Crippen LogP contribution < -0.4 is 4.31 Å². The molecule has 0 amide bonds. The van der Waals surface area contributed by atoms with Gasteiger partial charge in [-0.05, 0) is 49.7 Å². The van der Waals surface area contributed by atoms with Gasteiger partial charge in [0.05, 0.1) is 15.6 Å². The van der Waals surface area contributed by atoms with Gasteiger partial charge in [0, 0.05) is 48.3 Å². The number of aromatic nitrogens is 2. The van der Waals surface area contributed by atoms with Gasteiger partial charge in [0.25, 0.3) is 15.9 Å². The van der Waals surface area contributed by atoms with Gasteiger partial charge in [-0.15, -0.1) is 0 Å². The molecule has 0 saturated carbocycles. The molecule has 0 bridgehead atoms. The first-order chi connectivity index (χ1) is 16.3. The lowest BCUT2D eigenvalue weighted by molar-refractivity contribution is 0.0173. The van der Waals surface area contributed by atoms with Crippen LogP contribution in [0, 0.1) is 13.8 Å². The maximum Gasteiger partial charge on any atom is 0.272 e. The number of halogens is 4. The first-order valence-electron chi connectivity index (χ1n) is 10.1. The van der Waals surface area contributed by atoms with Crippen molar-refractivity contribution in [2.45, 2.75) is 31.6 Å². The molecule has 1 aromatic carbocycles. The Kier molecular flexibility index (Phi) is 7.80. The van der Waals surface area contributed by atoms with Gasteiger partial charge < -0.3 is 4.74 Å². The molecule has 12 heteroatoms. The van der Waals surface area contributed by atoms with E-state index in [-0.39, 0.29) is 27.0 Å². The number of hydrogen-bond acceptors (Lipinski definition) is 6. The number of ketones is 1. The highest BCUT2D eigenvalue weighted by Gasteiger charge is 2.34. The highest BCUT2D eigenvalue weighted by Crippen LogP contribution is 2.36. The van der Waals surface area contributed by atoms with Crippen LogP contribution in [0.2, 0.25) is 10.0 Å². The van der Waals surface area contributed by atoms with Crippen molar-refractivity contribution < 1.29 is 26.7 Å². The van der Waals surface area contributed by atoms with Crippen molar-refractivity contribution in [1.82, 2.24) is 9.97 Å². The summed E-state index contributed by atoms with van der Waals surface area (Å²) in [6.07, 6.45) is 2.75. The average Bonchev–Trinajstić information content (AvgIpc) is 2.76. The number of methoxy groups -OCH3 is 1. The molecule has 7 nitrogen and oxygen atoms in total. The summed E-state index contributed by atoms with van der Waals surface area (Å²) in [4.78, 5) is 21.3. The standard InChI is InChI=1S/C23H21Cl2F2N3O4S/c1-13-7-8-28-14(2)20(13)22(31)21-19(9-15(24)11-29-21)30(12-34-4)35(32,33)16-5-6-18(25)17(10-16)23(3,26)27/h5-11H,12H2,1-4H3. The van der Waals surface area contributed by atoms with Crippen molar-refractivity contribution in [1.29, 1.82) is 0 Å². The molecule has 186 valence electrons. The van der Waals surface area contributed by atoms with Crippen LogP contribution in [-0.2, 0) is 20.7 Å². The van der Waals surface area contributed by atoms with E-state index in [0.29, 0.717) is 18.2 Å². The number of carbonyl (C=O) groups is 1. The predicted octanol–water partition coefficient (Wildman–Crippen LogP) is 5.54.